The lowest BCUT2D eigenvalue weighted by molar-refractivity contribution is 0.358. The molecule has 1 heterocycles. The Kier molecular flexibility index (Phi) is 6.52. The van der Waals surface area contributed by atoms with Crippen LogP contribution in [0.3, 0.4) is 0 Å². The highest BCUT2D eigenvalue weighted by Gasteiger charge is 2.20. The summed E-state index contributed by atoms with van der Waals surface area (Å²) in [5, 5.41) is 10.4. The van der Waals surface area contributed by atoms with Gasteiger partial charge >= 0.3 is 0 Å². The number of nitriles is 1. The maximum atomic E-state index is 9.52. The summed E-state index contributed by atoms with van der Waals surface area (Å²) >= 11 is 6.22. The van der Waals surface area contributed by atoms with Crippen LogP contribution < -0.4 is 4.74 Å². The molecule has 0 radical (unpaired) electrons. The van der Waals surface area contributed by atoms with Crippen LogP contribution in [0, 0.1) is 18.5 Å². The van der Waals surface area contributed by atoms with Gasteiger partial charge in [-0.25, -0.2) is 4.99 Å². The highest BCUT2D eigenvalue weighted by atomic mass is 127. The first-order valence-electron chi connectivity index (χ1n) is 7.95. The van der Waals surface area contributed by atoms with E-state index in [1.54, 1.807) is 17.4 Å². The lowest BCUT2D eigenvalue weighted by Gasteiger charge is -2.09. The Bertz CT molecular complexity index is 857. The Morgan fingerprint density at radius 3 is 2.68 bits per heavy atom. The van der Waals surface area contributed by atoms with Crippen LogP contribution in [0.5, 0.6) is 5.75 Å². The van der Waals surface area contributed by atoms with Crippen LogP contribution in [-0.4, -0.2) is 12.8 Å². The normalized spacial score (nSPS) is 13.5. The average Bonchev–Trinajstić information content (AvgIpc) is 2.96. The summed E-state index contributed by atoms with van der Waals surface area (Å²) in [7, 11) is 0. The average molecular weight is 574 g/mol. The van der Waals surface area contributed by atoms with E-state index >= 15 is 0 Å². The highest BCUT2D eigenvalue weighted by Crippen LogP contribution is 2.39. The molecule has 1 aliphatic carbocycles. The fourth-order valence-corrected chi connectivity index (χ4v) is 6.14. The molecule has 3 rings (SSSR count). The molecule has 0 N–H and O–H groups in total. The number of rotatable bonds is 5. The van der Waals surface area contributed by atoms with Gasteiger partial charge in [-0.1, -0.05) is 12.7 Å². The Labute approximate surface area is 179 Å². The number of thiophene rings is 1. The van der Waals surface area contributed by atoms with E-state index in [-0.39, 0.29) is 0 Å². The maximum Gasteiger partial charge on any atom is 0.146 e. The molecule has 6 heteroatoms. The molecule has 25 heavy (non-hydrogen) atoms. The van der Waals surface area contributed by atoms with Gasteiger partial charge in [0.2, 0.25) is 0 Å². The Balaban J connectivity index is 1.89. The van der Waals surface area contributed by atoms with E-state index < -0.39 is 0 Å². The molecule has 0 saturated carbocycles. The van der Waals surface area contributed by atoms with Crippen molar-refractivity contribution in [3.8, 4) is 11.8 Å². The largest absolute Gasteiger partial charge is 0.487 e. The van der Waals surface area contributed by atoms with E-state index in [1.165, 1.54) is 23.3 Å². The third-order valence-corrected chi connectivity index (χ3v) is 6.76. The summed E-state index contributed by atoms with van der Waals surface area (Å²) < 4.78 is 7.79. The van der Waals surface area contributed by atoms with Crippen LogP contribution in [0.25, 0.3) is 0 Å². The predicted octanol–water partition coefficient (Wildman–Crippen LogP) is 6.02. The minimum Gasteiger partial charge on any atom is -0.487 e. The number of aryl methyl sites for hydroxylation is 1. The van der Waals surface area contributed by atoms with Crippen LogP contribution >= 0.6 is 56.5 Å². The third-order valence-electron chi connectivity index (χ3n) is 3.96. The molecular weight excluding hydrogens is 558 g/mol. The molecule has 128 valence electrons. The molecule has 0 unspecified atom stereocenters. The molecule has 2 aromatic rings. The third kappa shape index (κ3) is 4.26. The first kappa shape index (κ1) is 18.9. The number of hydrogen-bond donors (Lipinski definition) is 0. The van der Waals surface area contributed by atoms with Gasteiger partial charge in [0.25, 0.3) is 0 Å². The first-order valence-corrected chi connectivity index (χ1v) is 10.9. The van der Waals surface area contributed by atoms with E-state index in [1.807, 2.05) is 18.3 Å². The molecule has 1 aromatic heterocycles. The van der Waals surface area contributed by atoms with Crippen molar-refractivity contribution in [1.29, 1.82) is 5.26 Å². The van der Waals surface area contributed by atoms with Gasteiger partial charge in [-0.15, -0.1) is 11.3 Å². The molecule has 0 amide bonds. The molecule has 1 aliphatic rings. The number of benzene rings is 1. The summed E-state index contributed by atoms with van der Waals surface area (Å²) in [6.45, 7) is 4.17. The highest BCUT2D eigenvalue weighted by molar-refractivity contribution is 14.1. The van der Waals surface area contributed by atoms with Crippen molar-refractivity contribution < 1.29 is 4.74 Å². The summed E-state index contributed by atoms with van der Waals surface area (Å²) in [5.74, 6) is 0.877. The minimum absolute atomic E-state index is 0.492. The van der Waals surface area contributed by atoms with Crippen molar-refractivity contribution >= 4 is 67.7 Å². The van der Waals surface area contributed by atoms with Crippen molar-refractivity contribution in [2.24, 2.45) is 4.99 Å². The molecule has 0 aliphatic heterocycles. The second-order valence-corrected chi connectivity index (χ2v) is 9.08. The van der Waals surface area contributed by atoms with E-state index in [0.29, 0.717) is 6.61 Å². The topological polar surface area (TPSA) is 45.4 Å². The monoisotopic (exact) mass is 574 g/mol. The van der Waals surface area contributed by atoms with Crippen LogP contribution in [0.1, 0.15) is 34.4 Å². The molecule has 0 fully saturated rings. The van der Waals surface area contributed by atoms with Crippen LogP contribution in [0.15, 0.2) is 29.8 Å². The molecule has 3 nitrogen and oxygen atoms in total. The summed E-state index contributed by atoms with van der Waals surface area (Å²) in [6, 6.07) is 6.45. The van der Waals surface area contributed by atoms with Crippen molar-refractivity contribution in [1.82, 2.24) is 0 Å². The Morgan fingerprint density at radius 1 is 1.28 bits per heavy atom. The molecule has 0 spiro atoms. The molecular formula is C19H16I2N2OS. The standard InChI is InChI=1S/C19H16I2N2OS/c1-2-7-24-18-15(20)8-12(9-16(18)21)11-23-19-14(10-22)13-5-3-4-6-17(13)25-19/h2,8-9,11H,1,3-7H2. The van der Waals surface area contributed by atoms with Crippen LogP contribution in [-0.2, 0) is 12.8 Å². The van der Waals surface area contributed by atoms with Crippen molar-refractivity contribution in [2.45, 2.75) is 25.7 Å². The van der Waals surface area contributed by atoms with E-state index in [2.05, 4.69) is 62.8 Å². The SMILES string of the molecule is C=CCOc1c(I)cc(C=Nc2sc3c(c2C#N)CCCC3)cc1I. The second-order valence-electron chi connectivity index (χ2n) is 5.67. The van der Waals surface area contributed by atoms with Gasteiger partial charge in [0.15, 0.2) is 0 Å². The number of fused-ring (bicyclic) bond motifs is 1. The van der Waals surface area contributed by atoms with Crippen molar-refractivity contribution in [3.05, 3.63) is 53.5 Å². The van der Waals surface area contributed by atoms with Gasteiger partial charge in [0, 0.05) is 11.1 Å². The quantitative estimate of drug-likeness (QED) is 0.249. The van der Waals surface area contributed by atoms with E-state index in [9.17, 15) is 5.26 Å². The number of aliphatic imine (C=N–C) groups is 1. The predicted molar refractivity (Wildman–Crippen MR) is 120 cm³/mol. The zero-order valence-electron chi connectivity index (χ0n) is 13.5. The number of hydrogen-bond acceptors (Lipinski definition) is 4. The molecule has 0 bridgehead atoms. The number of nitrogens with zero attached hydrogens (tertiary/aromatic N) is 2. The smallest absolute Gasteiger partial charge is 0.146 e. The van der Waals surface area contributed by atoms with E-state index in [4.69, 9.17) is 4.74 Å². The van der Waals surface area contributed by atoms with Gasteiger partial charge in [0.1, 0.15) is 23.4 Å². The van der Waals surface area contributed by atoms with Gasteiger partial charge in [-0.3, -0.25) is 0 Å². The van der Waals surface area contributed by atoms with Crippen molar-refractivity contribution in [2.75, 3.05) is 6.61 Å². The fourth-order valence-electron chi connectivity index (χ4n) is 2.83. The fraction of sp³-hybridized carbons (Fsp3) is 0.263. The molecule has 0 saturated heterocycles. The van der Waals surface area contributed by atoms with Crippen molar-refractivity contribution in [3.63, 3.8) is 0 Å². The van der Waals surface area contributed by atoms with Gasteiger partial charge in [-0.2, -0.15) is 5.26 Å². The van der Waals surface area contributed by atoms with E-state index in [0.717, 1.165) is 41.9 Å². The Hall–Kier alpha value is -0.920. The summed E-state index contributed by atoms with van der Waals surface area (Å²) in [6.07, 6.45) is 8.06. The first-order chi connectivity index (χ1) is 12.1. The summed E-state index contributed by atoms with van der Waals surface area (Å²) in [5.41, 5.74) is 3.00. The zero-order chi connectivity index (χ0) is 17.8. The summed E-state index contributed by atoms with van der Waals surface area (Å²) in [4.78, 5) is 5.97. The van der Waals surface area contributed by atoms with Gasteiger partial charge in [0.05, 0.1) is 12.7 Å². The lowest BCUT2D eigenvalue weighted by Crippen LogP contribution is -1.99. The molecule has 0 atom stereocenters. The second kappa shape index (κ2) is 8.64. The van der Waals surface area contributed by atoms with Crippen LogP contribution in [0.2, 0.25) is 0 Å². The Morgan fingerprint density at radius 2 is 2.00 bits per heavy atom. The van der Waals surface area contributed by atoms with Gasteiger partial charge in [-0.05, 0) is 94.1 Å². The number of halogens is 2. The minimum atomic E-state index is 0.492. The number of ether oxygens (including phenoxy) is 1. The van der Waals surface area contributed by atoms with Crippen LogP contribution in [0.4, 0.5) is 5.00 Å². The van der Waals surface area contributed by atoms with Gasteiger partial charge < -0.3 is 4.74 Å². The molecule has 1 aromatic carbocycles. The maximum absolute atomic E-state index is 9.52. The lowest BCUT2D eigenvalue weighted by atomic mass is 9.96. The zero-order valence-corrected chi connectivity index (χ0v) is 18.7.